The summed E-state index contributed by atoms with van der Waals surface area (Å²) in [5.74, 6) is 3.58. The van der Waals surface area contributed by atoms with Gasteiger partial charge in [-0.1, -0.05) is 103 Å². The summed E-state index contributed by atoms with van der Waals surface area (Å²) in [4.78, 5) is 37.3. The van der Waals surface area contributed by atoms with Crippen molar-refractivity contribution in [2.75, 3.05) is 0 Å². The zero-order valence-electron chi connectivity index (χ0n) is 24.6. The highest BCUT2D eigenvalue weighted by Crippen LogP contribution is 2.39. The lowest BCUT2D eigenvalue weighted by atomic mass is 10.1. The van der Waals surface area contributed by atoms with E-state index >= 15 is 0 Å². The van der Waals surface area contributed by atoms with Crippen LogP contribution in [0.15, 0.2) is 121 Å². The monoisotopic (exact) mass is 606 g/mol. The molecule has 0 saturated carbocycles. The Labute approximate surface area is 266 Å². The van der Waals surface area contributed by atoms with Crippen molar-refractivity contribution >= 4 is 44.1 Å². The second-order valence-electron chi connectivity index (χ2n) is 11.3. The fraction of sp³-hybridized carbons (Fsp3) is 0. The predicted molar refractivity (Wildman–Crippen MR) is 183 cm³/mol. The van der Waals surface area contributed by atoms with Crippen molar-refractivity contribution in [1.82, 2.24) is 39.9 Å². The van der Waals surface area contributed by atoms with Crippen molar-refractivity contribution in [3.8, 4) is 57.1 Å². The SMILES string of the molecule is c1ccc(Oc2cccc3c4nc5nc(nc6[nH]c(nc7nc(nc([nH]4)c23)-c2ccccc2-7)c2ccccc62)-c2ccccc2-5)cc1. The average Bonchev–Trinajstić information content (AvgIpc) is 3.85. The van der Waals surface area contributed by atoms with Crippen molar-refractivity contribution in [3.63, 3.8) is 0 Å². The zero-order chi connectivity index (χ0) is 30.9. The number of aromatic nitrogens is 8. The van der Waals surface area contributed by atoms with E-state index in [1.807, 2.05) is 121 Å². The average molecular weight is 607 g/mol. The molecular weight excluding hydrogens is 584 g/mol. The minimum absolute atomic E-state index is 0.538. The van der Waals surface area contributed by atoms with Crippen LogP contribution in [0.2, 0.25) is 0 Å². The molecule has 0 saturated heterocycles. The molecule has 5 heterocycles. The fourth-order valence-corrected chi connectivity index (χ4v) is 6.36. The molecule has 0 aliphatic carbocycles. The van der Waals surface area contributed by atoms with Crippen molar-refractivity contribution in [2.24, 2.45) is 0 Å². The van der Waals surface area contributed by atoms with Crippen molar-refractivity contribution in [2.45, 2.75) is 0 Å². The molecule has 0 radical (unpaired) electrons. The van der Waals surface area contributed by atoms with Crippen molar-refractivity contribution in [1.29, 1.82) is 0 Å². The molecule has 47 heavy (non-hydrogen) atoms. The molecule has 3 aromatic heterocycles. The largest absolute Gasteiger partial charge is 0.457 e. The predicted octanol–water partition coefficient (Wildman–Crippen LogP) is 8.66. The Hall–Kier alpha value is -6.74. The molecule has 8 bridgehead atoms. The van der Waals surface area contributed by atoms with Crippen LogP contribution < -0.4 is 4.74 Å². The second-order valence-corrected chi connectivity index (χ2v) is 11.3. The molecule has 9 heteroatoms. The van der Waals surface area contributed by atoms with Crippen LogP contribution in [0.3, 0.4) is 0 Å². The first-order valence-electron chi connectivity index (χ1n) is 15.2. The summed E-state index contributed by atoms with van der Waals surface area (Å²) in [6.45, 7) is 0. The van der Waals surface area contributed by atoms with Gasteiger partial charge in [0.1, 0.15) is 34.1 Å². The van der Waals surface area contributed by atoms with E-state index in [0.717, 1.165) is 43.8 Å². The molecule has 9 nitrogen and oxygen atoms in total. The summed E-state index contributed by atoms with van der Waals surface area (Å²) in [6, 6.07) is 39.7. The van der Waals surface area contributed by atoms with E-state index in [1.165, 1.54) is 0 Å². The van der Waals surface area contributed by atoms with Crippen LogP contribution in [-0.4, -0.2) is 39.9 Å². The quantitative estimate of drug-likeness (QED) is 0.202. The van der Waals surface area contributed by atoms with Crippen LogP contribution in [0.5, 0.6) is 11.5 Å². The Balaban J connectivity index is 1.38. The van der Waals surface area contributed by atoms with Crippen molar-refractivity contribution < 1.29 is 4.74 Å². The van der Waals surface area contributed by atoms with E-state index in [0.29, 0.717) is 57.4 Å². The highest BCUT2D eigenvalue weighted by molar-refractivity contribution is 6.09. The molecule has 2 aliphatic rings. The molecule has 5 aromatic carbocycles. The summed E-state index contributed by atoms with van der Waals surface area (Å²) in [5, 5.41) is 3.49. The number of fused-ring (bicyclic) bond motifs is 20. The molecular formula is C38H22N8O. The van der Waals surface area contributed by atoms with Crippen molar-refractivity contribution in [3.05, 3.63) is 121 Å². The van der Waals surface area contributed by atoms with Gasteiger partial charge in [-0.2, -0.15) is 0 Å². The van der Waals surface area contributed by atoms with E-state index in [4.69, 9.17) is 34.6 Å². The lowest BCUT2D eigenvalue weighted by Crippen LogP contribution is -1.86. The van der Waals surface area contributed by atoms with Crippen LogP contribution in [0, 0.1) is 0 Å². The van der Waals surface area contributed by atoms with Gasteiger partial charge in [0.2, 0.25) is 0 Å². The fourth-order valence-electron chi connectivity index (χ4n) is 6.36. The molecule has 0 spiro atoms. The van der Waals surface area contributed by atoms with Gasteiger partial charge in [0.25, 0.3) is 0 Å². The van der Waals surface area contributed by atoms with E-state index in [9.17, 15) is 0 Å². The van der Waals surface area contributed by atoms with Gasteiger partial charge in [0.05, 0.1) is 5.39 Å². The Bertz CT molecular complexity index is 2730. The summed E-state index contributed by atoms with van der Waals surface area (Å²) >= 11 is 0. The van der Waals surface area contributed by atoms with E-state index in [2.05, 4.69) is 9.97 Å². The number of aromatic amines is 2. The first-order chi connectivity index (χ1) is 23.3. The van der Waals surface area contributed by atoms with Gasteiger partial charge in [-0.25, -0.2) is 29.9 Å². The smallest absolute Gasteiger partial charge is 0.164 e. The Morgan fingerprint density at radius 2 is 0.787 bits per heavy atom. The molecule has 10 rings (SSSR count). The zero-order valence-corrected chi connectivity index (χ0v) is 24.6. The third-order valence-corrected chi connectivity index (χ3v) is 8.51. The maximum atomic E-state index is 6.43. The van der Waals surface area contributed by atoms with Gasteiger partial charge in [0.15, 0.2) is 23.3 Å². The van der Waals surface area contributed by atoms with Gasteiger partial charge in [-0.3, -0.25) is 0 Å². The highest BCUT2D eigenvalue weighted by Gasteiger charge is 2.22. The molecule has 8 aromatic rings. The first kappa shape index (κ1) is 25.6. The number of H-pyrrole nitrogens is 2. The maximum absolute atomic E-state index is 6.43. The lowest BCUT2D eigenvalue weighted by molar-refractivity contribution is 0.488. The van der Waals surface area contributed by atoms with Gasteiger partial charge >= 0.3 is 0 Å². The van der Waals surface area contributed by atoms with Crippen LogP contribution in [0.4, 0.5) is 0 Å². The summed E-state index contributed by atoms with van der Waals surface area (Å²) in [6.07, 6.45) is 0. The number of nitrogens with one attached hydrogen (secondary N) is 2. The number of hydrogen-bond donors (Lipinski definition) is 2. The third-order valence-electron chi connectivity index (χ3n) is 8.51. The number of nitrogens with zero attached hydrogens (tertiary/aromatic N) is 6. The Kier molecular flexibility index (Phi) is 5.38. The number of hydrogen-bond acceptors (Lipinski definition) is 7. The molecule has 0 unspecified atom stereocenters. The van der Waals surface area contributed by atoms with E-state index in [1.54, 1.807) is 0 Å². The second kappa shape index (κ2) is 9.88. The Morgan fingerprint density at radius 1 is 0.362 bits per heavy atom. The molecule has 0 atom stereocenters. The normalized spacial score (nSPS) is 11.8. The van der Waals surface area contributed by atoms with Gasteiger partial charge in [-0.05, 0) is 18.2 Å². The molecule has 220 valence electrons. The lowest BCUT2D eigenvalue weighted by Gasteiger charge is -2.06. The summed E-state index contributed by atoms with van der Waals surface area (Å²) in [7, 11) is 0. The molecule has 2 aliphatic heterocycles. The number of rotatable bonds is 2. The topological polar surface area (TPSA) is 118 Å². The number of benzene rings is 5. The van der Waals surface area contributed by atoms with Gasteiger partial charge in [-0.15, -0.1) is 0 Å². The number of ether oxygens (including phenoxy) is 1. The molecule has 0 amide bonds. The first-order valence-corrected chi connectivity index (χ1v) is 15.2. The van der Waals surface area contributed by atoms with Gasteiger partial charge in [0, 0.05) is 38.4 Å². The molecule has 0 fully saturated rings. The van der Waals surface area contributed by atoms with Crippen LogP contribution in [-0.2, 0) is 0 Å². The van der Waals surface area contributed by atoms with Crippen LogP contribution in [0.25, 0.3) is 89.7 Å². The summed E-state index contributed by atoms with van der Waals surface area (Å²) in [5.41, 5.74) is 6.06. The van der Waals surface area contributed by atoms with E-state index < -0.39 is 0 Å². The number of para-hydroxylation sites is 1. The van der Waals surface area contributed by atoms with Crippen LogP contribution >= 0.6 is 0 Å². The third kappa shape index (κ3) is 4.03. The maximum Gasteiger partial charge on any atom is 0.164 e. The van der Waals surface area contributed by atoms with Gasteiger partial charge < -0.3 is 14.7 Å². The standard InChI is InChI=1S/C38H22N8O/c1-2-11-21(12-3-1)47-29-20-10-19-28-30(29)38-45-36-27-18-9-8-17-26(27)34(43-36)41-32-23-14-5-4-13-22(23)31(39-32)40-33-24-15-6-7-16-25(24)35(42-33)44-37(28)46-38/h1-20H,(H2,39,40,41,42,43,44,45,46). The minimum atomic E-state index is 0.538. The minimum Gasteiger partial charge on any atom is -0.457 e. The van der Waals surface area contributed by atoms with Crippen LogP contribution in [0.1, 0.15) is 0 Å². The summed E-state index contributed by atoms with van der Waals surface area (Å²) < 4.78 is 6.43. The van der Waals surface area contributed by atoms with E-state index in [-0.39, 0.29) is 0 Å². The highest BCUT2D eigenvalue weighted by atomic mass is 16.5. The molecule has 2 N–H and O–H groups in total. The Morgan fingerprint density at radius 3 is 1.34 bits per heavy atom.